The van der Waals surface area contributed by atoms with Gasteiger partial charge in [0.05, 0.1) is 6.61 Å². The lowest BCUT2D eigenvalue weighted by atomic mass is 10.2. The molecule has 0 aromatic heterocycles. The highest BCUT2D eigenvalue weighted by Crippen LogP contribution is 2.32. The van der Waals surface area contributed by atoms with Gasteiger partial charge in [0.15, 0.2) is 0 Å². The van der Waals surface area contributed by atoms with Gasteiger partial charge in [-0.1, -0.05) is 0 Å². The molecule has 3 nitrogen and oxygen atoms in total. The molecule has 1 saturated carbocycles. The summed E-state index contributed by atoms with van der Waals surface area (Å²) in [4.78, 5) is 2.67. The van der Waals surface area contributed by atoms with Gasteiger partial charge in [0.25, 0.3) is 0 Å². The van der Waals surface area contributed by atoms with E-state index in [0.717, 1.165) is 37.0 Å². The van der Waals surface area contributed by atoms with Crippen LogP contribution in [0.2, 0.25) is 0 Å². The average Bonchev–Trinajstić information content (AvgIpc) is 2.97. The molecule has 0 aromatic carbocycles. The molecule has 15 heavy (non-hydrogen) atoms. The molecule has 1 N–H and O–H groups in total. The van der Waals surface area contributed by atoms with E-state index in [1.807, 2.05) is 11.8 Å². The Morgan fingerprint density at radius 2 is 2.20 bits per heavy atom. The van der Waals surface area contributed by atoms with Crippen molar-refractivity contribution in [2.75, 3.05) is 39.6 Å². The first kappa shape index (κ1) is 11.7. The maximum atomic E-state index is 5.21. The highest BCUT2D eigenvalue weighted by Gasteiger charge is 2.39. The van der Waals surface area contributed by atoms with Crippen LogP contribution in [0, 0.1) is 0 Å². The number of thioether (sulfide) groups is 1. The fourth-order valence-electron chi connectivity index (χ4n) is 2.43. The van der Waals surface area contributed by atoms with E-state index in [1.165, 1.54) is 19.4 Å². The minimum Gasteiger partial charge on any atom is -0.383 e. The maximum absolute atomic E-state index is 5.21. The van der Waals surface area contributed by atoms with E-state index in [9.17, 15) is 0 Å². The van der Waals surface area contributed by atoms with E-state index in [0.29, 0.717) is 0 Å². The number of nitrogens with zero attached hydrogens (tertiary/aromatic N) is 1. The molecule has 0 bridgehead atoms. The normalized spacial score (nSPS) is 31.4. The molecule has 1 heterocycles. The largest absolute Gasteiger partial charge is 0.383 e. The zero-order chi connectivity index (χ0) is 10.7. The molecular weight excluding hydrogens is 208 g/mol. The summed E-state index contributed by atoms with van der Waals surface area (Å²) in [6.07, 6.45) is 5.01. The lowest BCUT2D eigenvalue weighted by Crippen LogP contribution is -2.45. The summed E-state index contributed by atoms with van der Waals surface area (Å²) >= 11 is 2.00. The first-order valence-electron chi connectivity index (χ1n) is 5.85. The van der Waals surface area contributed by atoms with Crippen molar-refractivity contribution in [3.8, 4) is 0 Å². The van der Waals surface area contributed by atoms with Gasteiger partial charge in [0.1, 0.15) is 0 Å². The van der Waals surface area contributed by atoms with Crippen LogP contribution in [0.25, 0.3) is 0 Å². The van der Waals surface area contributed by atoms with Gasteiger partial charge in [-0.2, -0.15) is 11.8 Å². The predicted octanol–water partition coefficient (Wildman–Crippen LogP) is 0.801. The Morgan fingerprint density at radius 1 is 1.40 bits per heavy atom. The summed E-state index contributed by atoms with van der Waals surface area (Å²) in [6, 6.07) is 1.57. The quantitative estimate of drug-likeness (QED) is 0.729. The van der Waals surface area contributed by atoms with Gasteiger partial charge >= 0.3 is 0 Å². The van der Waals surface area contributed by atoms with E-state index in [4.69, 9.17) is 4.74 Å². The molecule has 1 aliphatic heterocycles. The molecule has 2 unspecified atom stereocenters. The number of methoxy groups -OCH3 is 1. The summed E-state index contributed by atoms with van der Waals surface area (Å²) in [5, 5.41) is 4.28. The van der Waals surface area contributed by atoms with Crippen molar-refractivity contribution in [1.29, 1.82) is 0 Å². The van der Waals surface area contributed by atoms with E-state index in [2.05, 4.69) is 16.5 Å². The third kappa shape index (κ3) is 2.87. The monoisotopic (exact) mass is 230 g/mol. The van der Waals surface area contributed by atoms with Crippen molar-refractivity contribution in [3.05, 3.63) is 0 Å². The standard InChI is InChI=1S/C11H22N2OS/c1-14-6-5-13(9-3-4-9)10-7-12-8-11(10)15-2/h9-12H,3-8H2,1-2H3. The zero-order valence-electron chi connectivity index (χ0n) is 9.74. The van der Waals surface area contributed by atoms with Crippen molar-refractivity contribution < 1.29 is 4.74 Å². The molecule has 2 atom stereocenters. The van der Waals surface area contributed by atoms with Crippen LogP contribution in [0.15, 0.2) is 0 Å². The second-order valence-corrected chi connectivity index (χ2v) is 5.54. The molecule has 0 spiro atoms. The van der Waals surface area contributed by atoms with Crippen LogP contribution in [-0.4, -0.2) is 61.8 Å². The highest BCUT2D eigenvalue weighted by atomic mass is 32.2. The highest BCUT2D eigenvalue weighted by molar-refractivity contribution is 7.99. The topological polar surface area (TPSA) is 24.5 Å². The summed E-state index contributed by atoms with van der Waals surface area (Å²) in [5.74, 6) is 0. The molecular formula is C11H22N2OS. The lowest BCUT2D eigenvalue weighted by molar-refractivity contribution is 0.120. The number of hydrogen-bond donors (Lipinski definition) is 1. The van der Waals surface area contributed by atoms with Gasteiger partial charge in [-0.25, -0.2) is 0 Å². The van der Waals surface area contributed by atoms with Crippen molar-refractivity contribution in [1.82, 2.24) is 10.2 Å². The molecule has 0 aromatic rings. The Labute approximate surface area is 96.9 Å². The van der Waals surface area contributed by atoms with E-state index in [-0.39, 0.29) is 0 Å². The molecule has 1 saturated heterocycles. The first-order chi connectivity index (χ1) is 7.36. The van der Waals surface area contributed by atoms with Crippen LogP contribution in [0.3, 0.4) is 0 Å². The van der Waals surface area contributed by atoms with Gasteiger partial charge in [0, 0.05) is 44.1 Å². The summed E-state index contributed by atoms with van der Waals surface area (Å²) in [5.41, 5.74) is 0. The van der Waals surface area contributed by atoms with E-state index < -0.39 is 0 Å². The van der Waals surface area contributed by atoms with Crippen LogP contribution in [-0.2, 0) is 4.74 Å². The summed E-state index contributed by atoms with van der Waals surface area (Å²) in [7, 11) is 1.80. The minimum absolute atomic E-state index is 0.725. The van der Waals surface area contributed by atoms with Gasteiger partial charge < -0.3 is 10.1 Å². The van der Waals surface area contributed by atoms with Crippen LogP contribution in [0.1, 0.15) is 12.8 Å². The molecule has 0 radical (unpaired) electrons. The molecule has 88 valence electrons. The summed E-state index contributed by atoms with van der Waals surface area (Å²) in [6.45, 7) is 4.30. The SMILES string of the molecule is COCCN(C1CC1)C1CNCC1SC. The Morgan fingerprint density at radius 3 is 2.80 bits per heavy atom. The Kier molecular flexibility index (Phi) is 4.31. The van der Waals surface area contributed by atoms with Crippen molar-refractivity contribution in [3.63, 3.8) is 0 Å². The number of nitrogens with one attached hydrogen (secondary N) is 1. The second-order valence-electron chi connectivity index (χ2n) is 4.46. The Hall–Kier alpha value is 0.230. The molecule has 4 heteroatoms. The minimum atomic E-state index is 0.725. The molecule has 2 rings (SSSR count). The molecule has 2 fully saturated rings. The molecule has 1 aliphatic carbocycles. The molecule has 2 aliphatic rings. The number of hydrogen-bond acceptors (Lipinski definition) is 4. The van der Waals surface area contributed by atoms with E-state index >= 15 is 0 Å². The van der Waals surface area contributed by atoms with Gasteiger partial charge in [-0.05, 0) is 19.1 Å². The van der Waals surface area contributed by atoms with Crippen molar-refractivity contribution in [2.24, 2.45) is 0 Å². The van der Waals surface area contributed by atoms with E-state index in [1.54, 1.807) is 7.11 Å². The average molecular weight is 230 g/mol. The fourth-order valence-corrected chi connectivity index (χ4v) is 3.29. The van der Waals surface area contributed by atoms with Gasteiger partial charge in [0.2, 0.25) is 0 Å². The zero-order valence-corrected chi connectivity index (χ0v) is 10.6. The van der Waals surface area contributed by atoms with Crippen molar-refractivity contribution >= 4 is 11.8 Å². The van der Waals surface area contributed by atoms with Crippen LogP contribution < -0.4 is 5.32 Å². The smallest absolute Gasteiger partial charge is 0.0589 e. The Bertz CT molecular complexity index is 199. The maximum Gasteiger partial charge on any atom is 0.0589 e. The molecule has 0 amide bonds. The lowest BCUT2D eigenvalue weighted by Gasteiger charge is -2.31. The summed E-state index contributed by atoms with van der Waals surface area (Å²) < 4.78 is 5.21. The fraction of sp³-hybridized carbons (Fsp3) is 1.00. The number of ether oxygens (including phenoxy) is 1. The van der Waals surface area contributed by atoms with Gasteiger partial charge in [-0.3, -0.25) is 4.90 Å². The first-order valence-corrected chi connectivity index (χ1v) is 7.13. The van der Waals surface area contributed by atoms with Crippen molar-refractivity contribution in [2.45, 2.75) is 30.2 Å². The number of rotatable bonds is 6. The van der Waals surface area contributed by atoms with Crippen LogP contribution in [0.5, 0.6) is 0 Å². The van der Waals surface area contributed by atoms with Crippen LogP contribution >= 0.6 is 11.8 Å². The van der Waals surface area contributed by atoms with Crippen LogP contribution in [0.4, 0.5) is 0 Å². The third-order valence-electron chi connectivity index (χ3n) is 3.43. The third-order valence-corrected chi connectivity index (χ3v) is 4.51. The predicted molar refractivity (Wildman–Crippen MR) is 65.6 cm³/mol. The van der Waals surface area contributed by atoms with Gasteiger partial charge in [-0.15, -0.1) is 0 Å². The Balaban J connectivity index is 1.90. The second kappa shape index (κ2) is 5.53.